The molecule has 0 atom stereocenters. The van der Waals surface area contributed by atoms with Crippen LogP contribution in [-0.4, -0.2) is 12.5 Å². The largest absolute Gasteiger partial charge is 0.380 e. The van der Waals surface area contributed by atoms with E-state index >= 15 is 0 Å². The summed E-state index contributed by atoms with van der Waals surface area (Å²) >= 11 is 8.65. The van der Waals surface area contributed by atoms with Crippen LogP contribution in [0, 0.1) is 0 Å². The third-order valence-electron chi connectivity index (χ3n) is 2.82. The predicted octanol–water partition coefficient (Wildman–Crippen LogP) is 5.03. The lowest BCUT2D eigenvalue weighted by molar-refractivity contribution is 0.0953. The average molecular weight is 432 g/mol. The van der Waals surface area contributed by atoms with E-state index in [1.54, 1.807) is 11.3 Å². The Hall–Kier alpha value is -0.850. The summed E-state index contributed by atoms with van der Waals surface area (Å²) in [6, 6.07) is 9.65. The summed E-state index contributed by atoms with van der Waals surface area (Å²) in [6.07, 6.45) is 0.936. The molecule has 3 nitrogen and oxygen atoms in total. The molecule has 1 aromatic heterocycles. The van der Waals surface area contributed by atoms with E-state index in [9.17, 15) is 4.79 Å². The lowest BCUT2D eigenvalue weighted by Gasteiger charge is -2.08. The Morgan fingerprint density at radius 2 is 2.10 bits per heavy atom. The van der Waals surface area contributed by atoms with E-state index in [2.05, 4.69) is 48.6 Å². The minimum atomic E-state index is -0.0258. The van der Waals surface area contributed by atoms with Gasteiger partial charge in [0.25, 0.3) is 5.91 Å². The van der Waals surface area contributed by atoms with Crippen LogP contribution in [0.4, 0.5) is 5.69 Å². The lowest BCUT2D eigenvalue weighted by atomic mass is 10.2. The molecular formula is C15H16Br2N2OS. The molecule has 112 valence electrons. The molecule has 1 aromatic carbocycles. The maximum atomic E-state index is 11.9. The van der Waals surface area contributed by atoms with Crippen LogP contribution in [0.1, 0.15) is 28.6 Å². The van der Waals surface area contributed by atoms with Gasteiger partial charge in [0, 0.05) is 33.7 Å². The van der Waals surface area contributed by atoms with Gasteiger partial charge in [-0.05, 0) is 62.5 Å². The zero-order valence-electron chi connectivity index (χ0n) is 11.6. The van der Waals surface area contributed by atoms with Crippen molar-refractivity contribution in [1.29, 1.82) is 0 Å². The number of nitrogens with one attached hydrogen (secondary N) is 2. The molecule has 2 aromatic rings. The molecule has 0 radical (unpaired) electrons. The third-order valence-corrected chi connectivity index (χ3v) is 6.08. The quantitative estimate of drug-likeness (QED) is 0.673. The Morgan fingerprint density at radius 3 is 2.76 bits per heavy atom. The second kappa shape index (κ2) is 7.96. The van der Waals surface area contributed by atoms with Crippen molar-refractivity contribution in [3.8, 4) is 0 Å². The highest BCUT2D eigenvalue weighted by Crippen LogP contribution is 2.32. The summed E-state index contributed by atoms with van der Waals surface area (Å²) in [5, 5.41) is 6.22. The first-order valence-electron chi connectivity index (χ1n) is 6.66. The SMILES string of the molecule is CCCNC(=O)c1cccc(NCc2cc(Br)c(Br)s2)c1. The summed E-state index contributed by atoms with van der Waals surface area (Å²) < 4.78 is 2.16. The smallest absolute Gasteiger partial charge is 0.251 e. The van der Waals surface area contributed by atoms with Crippen molar-refractivity contribution in [2.24, 2.45) is 0 Å². The molecule has 21 heavy (non-hydrogen) atoms. The summed E-state index contributed by atoms with van der Waals surface area (Å²) in [6.45, 7) is 3.47. The van der Waals surface area contributed by atoms with Gasteiger partial charge in [-0.1, -0.05) is 13.0 Å². The average Bonchev–Trinajstić information content (AvgIpc) is 2.81. The van der Waals surface area contributed by atoms with Gasteiger partial charge in [0.05, 0.1) is 3.79 Å². The minimum absolute atomic E-state index is 0.0258. The van der Waals surface area contributed by atoms with Gasteiger partial charge < -0.3 is 10.6 Å². The van der Waals surface area contributed by atoms with Crippen molar-refractivity contribution in [2.45, 2.75) is 19.9 Å². The van der Waals surface area contributed by atoms with E-state index in [-0.39, 0.29) is 5.91 Å². The molecule has 0 unspecified atom stereocenters. The number of hydrogen-bond donors (Lipinski definition) is 2. The first-order chi connectivity index (χ1) is 10.1. The van der Waals surface area contributed by atoms with Crippen molar-refractivity contribution in [2.75, 3.05) is 11.9 Å². The van der Waals surface area contributed by atoms with Crippen LogP contribution in [0.15, 0.2) is 38.6 Å². The van der Waals surface area contributed by atoms with Crippen LogP contribution in [0.3, 0.4) is 0 Å². The molecule has 0 saturated carbocycles. The number of benzene rings is 1. The summed E-state index contributed by atoms with van der Waals surface area (Å²) in [5.74, 6) is -0.0258. The topological polar surface area (TPSA) is 41.1 Å². The Bertz CT molecular complexity index is 608. The van der Waals surface area contributed by atoms with Crippen LogP contribution in [-0.2, 0) is 6.54 Å². The molecule has 1 heterocycles. The Morgan fingerprint density at radius 1 is 1.29 bits per heavy atom. The Kier molecular flexibility index (Phi) is 6.26. The lowest BCUT2D eigenvalue weighted by Crippen LogP contribution is -2.23. The number of halogens is 2. The Balaban J connectivity index is 1.99. The number of rotatable bonds is 6. The normalized spacial score (nSPS) is 10.4. The fourth-order valence-electron chi connectivity index (χ4n) is 1.78. The van der Waals surface area contributed by atoms with Crippen molar-refractivity contribution >= 4 is 54.8 Å². The number of carbonyl (C=O) groups excluding carboxylic acids is 1. The maximum absolute atomic E-state index is 11.9. The van der Waals surface area contributed by atoms with Crippen LogP contribution >= 0.6 is 43.2 Å². The molecule has 2 rings (SSSR count). The number of carbonyl (C=O) groups is 1. The molecule has 0 spiro atoms. The minimum Gasteiger partial charge on any atom is -0.380 e. The van der Waals surface area contributed by atoms with E-state index < -0.39 is 0 Å². The fourth-order valence-corrected chi connectivity index (χ4v) is 3.90. The molecule has 0 bridgehead atoms. The van der Waals surface area contributed by atoms with Gasteiger partial charge in [0.1, 0.15) is 0 Å². The van der Waals surface area contributed by atoms with Gasteiger partial charge in [-0.25, -0.2) is 0 Å². The zero-order chi connectivity index (χ0) is 15.2. The monoisotopic (exact) mass is 430 g/mol. The molecule has 6 heteroatoms. The van der Waals surface area contributed by atoms with Crippen molar-refractivity contribution in [1.82, 2.24) is 5.32 Å². The second-order valence-corrected chi connectivity index (χ2v) is 7.83. The standard InChI is InChI=1S/C15H16Br2N2OS/c1-2-6-18-15(20)10-4-3-5-11(7-10)19-9-12-8-13(16)14(17)21-12/h3-5,7-8,19H,2,6,9H2,1H3,(H,18,20). The van der Waals surface area contributed by atoms with Crippen molar-refractivity contribution in [3.63, 3.8) is 0 Å². The molecular weight excluding hydrogens is 416 g/mol. The van der Waals surface area contributed by atoms with Crippen LogP contribution in [0.2, 0.25) is 0 Å². The van der Waals surface area contributed by atoms with E-state index in [1.165, 1.54) is 4.88 Å². The Labute approximate surface area is 145 Å². The molecule has 2 N–H and O–H groups in total. The molecule has 0 aliphatic rings. The van der Waals surface area contributed by atoms with E-state index in [4.69, 9.17) is 0 Å². The van der Waals surface area contributed by atoms with Crippen molar-refractivity contribution < 1.29 is 4.79 Å². The van der Waals surface area contributed by atoms with Gasteiger partial charge in [-0.15, -0.1) is 11.3 Å². The number of amides is 1. The first kappa shape index (κ1) is 16.5. The van der Waals surface area contributed by atoms with E-state index in [0.717, 1.165) is 26.9 Å². The van der Waals surface area contributed by atoms with Crippen molar-refractivity contribution in [3.05, 3.63) is 49.0 Å². The molecule has 0 fully saturated rings. The van der Waals surface area contributed by atoms with Crippen LogP contribution < -0.4 is 10.6 Å². The molecule has 0 aliphatic heterocycles. The summed E-state index contributed by atoms with van der Waals surface area (Å²) in [5.41, 5.74) is 1.63. The first-order valence-corrected chi connectivity index (χ1v) is 9.06. The highest BCUT2D eigenvalue weighted by atomic mass is 79.9. The van der Waals surface area contributed by atoms with E-state index in [0.29, 0.717) is 12.1 Å². The number of thiophene rings is 1. The summed E-state index contributed by atoms with van der Waals surface area (Å²) in [4.78, 5) is 13.1. The highest BCUT2D eigenvalue weighted by Gasteiger charge is 2.06. The fraction of sp³-hybridized carbons (Fsp3) is 0.267. The molecule has 0 saturated heterocycles. The van der Waals surface area contributed by atoms with Gasteiger partial charge in [-0.2, -0.15) is 0 Å². The third kappa shape index (κ3) is 4.83. The zero-order valence-corrected chi connectivity index (χ0v) is 15.6. The van der Waals surface area contributed by atoms with Gasteiger partial charge in [0.15, 0.2) is 0 Å². The highest BCUT2D eigenvalue weighted by molar-refractivity contribution is 9.13. The van der Waals surface area contributed by atoms with Crippen LogP contribution in [0.25, 0.3) is 0 Å². The van der Waals surface area contributed by atoms with Gasteiger partial charge in [0.2, 0.25) is 0 Å². The molecule has 0 aliphatic carbocycles. The second-order valence-electron chi connectivity index (χ2n) is 4.52. The molecule has 1 amide bonds. The number of anilines is 1. The van der Waals surface area contributed by atoms with Crippen LogP contribution in [0.5, 0.6) is 0 Å². The van der Waals surface area contributed by atoms with E-state index in [1.807, 2.05) is 31.2 Å². The van der Waals surface area contributed by atoms with Gasteiger partial charge >= 0.3 is 0 Å². The predicted molar refractivity (Wildman–Crippen MR) is 96.1 cm³/mol. The number of hydrogen-bond acceptors (Lipinski definition) is 3. The summed E-state index contributed by atoms with van der Waals surface area (Å²) in [7, 11) is 0. The maximum Gasteiger partial charge on any atom is 0.251 e. The van der Waals surface area contributed by atoms with Gasteiger partial charge in [-0.3, -0.25) is 4.79 Å².